The number of nitrogens with one attached hydrogen (secondary N) is 1. The minimum Gasteiger partial charge on any atom is -0.377 e. The normalized spacial score (nSPS) is 11.9. The second kappa shape index (κ2) is 10.1. The Kier molecular flexibility index (Phi) is 7.50. The molecule has 0 bridgehead atoms. The first kappa shape index (κ1) is 23.0. The van der Waals surface area contributed by atoms with Gasteiger partial charge < -0.3 is 10.1 Å². The predicted octanol–water partition coefficient (Wildman–Crippen LogP) is 2.16. The molecule has 2 aromatic carbocycles. The summed E-state index contributed by atoms with van der Waals surface area (Å²) in [4.78, 5) is 4.27. The summed E-state index contributed by atoms with van der Waals surface area (Å²) in [7, 11) is -4.01. The van der Waals surface area contributed by atoms with E-state index in [1.807, 2.05) is 44.2 Å². The van der Waals surface area contributed by atoms with Crippen LogP contribution in [0.2, 0.25) is 0 Å². The fraction of sp³-hybridized carbons (Fsp3) is 0.333. The van der Waals surface area contributed by atoms with E-state index in [4.69, 9.17) is 9.88 Å². The Labute approximate surface area is 181 Å². The lowest BCUT2D eigenvalue weighted by molar-refractivity contribution is 0.0806. The van der Waals surface area contributed by atoms with Gasteiger partial charge in [-0.2, -0.15) is 0 Å². The van der Waals surface area contributed by atoms with Crippen molar-refractivity contribution in [2.24, 2.45) is 5.14 Å². The Morgan fingerprint density at radius 3 is 2.58 bits per heavy atom. The number of rotatable bonds is 10. The highest BCUT2D eigenvalue weighted by molar-refractivity contribution is 7.89. The molecule has 0 radical (unpaired) electrons. The molecule has 0 amide bonds. The monoisotopic (exact) mass is 447 g/mol. The van der Waals surface area contributed by atoms with Crippen LogP contribution in [0.15, 0.2) is 53.4 Å². The molecule has 0 spiro atoms. The molecule has 0 aliphatic heterocycles. The molecule has 1 heterocycles. The predicted molar refractivity (Wildman–Crippen MR) is 115 cm³/mol. The highest BCUT2D eigenvalue weighted by Gasteiger charge is 2.18. The number of nitrogens with two attached hydrogens (primary N) is 1. The van der Waals surface area contributed by atoms with Gasteiger partial charge in [0.2, 0.25) is 10.0 Å². The highest BCUT2D eigenvalue weighted by atomic mass is 32.2. The molecule has 8 nitrogen and oxygen atoms in total. The number of primary sulfonamides is 1. The number of hydrogen-bond donors (Lipinski definition) is 2. The first-order valence-corrected chi connectivity index (χ1v) is 11.4. The largest absolute Gasteiger partial charge is 0.377 e. The minimum absolute atomic E-state index is 0.0974. The van der Waals surface area contributed by atoms with Gasteiger partial charge in [0.25, 0.3) is 0 Å². The lowest BCUT2D eigenvalue weighted by atomic mass is 10.1. The summed E-state index contributed by atoms with van der Waals surface area (Å²) in [5.74, 6) is 0.268. The summed E-state index contributed by atoms with van der Waals surface area (Å²) in [5.41, 5.74) is 1.09. The van der Waals surface area contributed by atoms with Crippen molar-refractivity contribution in [1.29, 1.82) is 0 Å². The molecule has 1 aromatic heterocycles. The Bertz CT molecular complexity index is 1120. The molecule has 0 atom stereocenters. The third-order valence-corrected chi connectivity index (χ3v) is 5.32. The van der Waals surface area contributed by atoms with Gasteiger partial charge in [0.05, 0.1) is 24.2 Å². The smallest absolute Gasteiger partial charge is 0.238 e. The molecule has 3 rings (SSSR count). The Hall–Kier alpha value is -2.66. The van der Waals surface area contributed by atoms with Gasteiger partial charge in [-0.3, -0.25) is 0 Å². The van der Waals surface area contributed by atoms with Gasteiger partial charge in [0.1, 0.15) is 17.3 Å². The fourth-order valence-electron chi connectivity index (χ4n) is 2.96. The van der Waals surface area contributed by atoms with Gasteiger partial charge >= 0.3 is 0 Å². The van der Waals surface area contributed by atoms with Crippen LogP contribution in [-0.2, 0) is 27.7 Å². The fourth-order valence-corrected chi connectivity index (χ4v) is 3.48. The number of nitrogens with zero attached hydrogens (tertiary/aromatic N) is 3. The molecule has 0 saturated heterocycles. The lowest BCUT2D eigenvalue weighted by Gasteiger charge is -2.08. The van der Waals surface area contributed by atoms with Crippen LogP contribution in [-0.4, -0.2) is 42.4 Å². The van der Waals surface area contributed by atoms with Crippen molar-refractivity contribution in [3.05, 3.63) is 71.6 Å². The third-order valence-electron chi connectivity index (χ3n) is 4.41. The average molecular weight is 448 g/mol. The number of hydrogen-bond acceptors (Lipinski definition) is 6. The van der Waals surface area contributed by atoms with Crippen molar-refractivity contribution in [2.45, 2.75) is 37.8 Å². The lowest BCUT2D eigenvalue weighted by Crippen LogP contribution is -2.21. The summed E-state index contributed by atoms with van der Waals surface area (Å²) in [6.07, 6.45) is 0.584. The molecule has 0 unspecified atom stereocenters. The number of aromatic nitrogens is 3. The van der Waals surface area contributed by atoms with Gasteiger partial charge in [0, 0.05) is 13.0 Å². The number of ether oxygens (including phenoxy) is 1. The van der Waals surface area contributed by atoms with Gasteiger partial charge in [0.15, 0.2) is 5.82 Å². The van der Waals surface area contributed by atoms with Crippen molar-refractivity contribution >= 4 is 10.0 Å². The van der Waals surface area contributed by atoms with E-state index in [0.717, 1.165) is 11.6 Å². The van der Waals surface area contributed by atoms with Crippen molar-refractivity contribution in [3.8, 4) is 5.69 Å². The molecule has 0 saturated carbocycles. The summed E-state index contributed by atoms with van der Waals surface area (Å²) in [5, 5.41) is 12.7. The van der Waals surface area contributed by atoms with E-state index in [0.29, 0.717) is 37.8 Å². The van der Waals surface area contributed by atoms with Crippen molar-refractivity contribution in [1.82, 2.24) is 20.1 Å². The van der Waals surface area contributed by atoms with Crippen LogP contribution in [0, 0.1) is 5.82 Å². The molecule has 0 aliphatic rings. The molecule has 0 aliphatic carbocycles. The summed E-state index contributed by atoms with van der Waals surface area (Å²) in [6, 6.07) is 13.1. The van der Waals surface area contributed by atoms with E-state index in [9.17, 15) is 12.8 Å². The zero-order chi connectivity index (χ0) is 22.4. The average Bonchev–Trinajstić information content (AvgIpc) is 3.09. The number of sulfonamides is 1. The Morgan fingerprint density at radius 1 is 1.19 bits per heavy atom. The first-order valence-electron chi connectivity index (χ1n) is 9.88. The molecule has 31 heavy (non-hydrogen) atoms. The van der Waals surface area contributed by atoms with Crippen molar-refractivity contribution in [3.63, 3.8) is 0 Å². The Morgan fingerprint density at radius 2 is 1.94 bits per heavy atom. The van der Waals surface area contributed by atoms with E-state index >= 15 is 0 Å². The molecule has 0 fully saturated rings. The SMILES string of the molecule is CC(C)OCCNCc1nc(Cc2ccccc2)n(-c2ccc(S(N)(=O)=O)cc2F)n1. The van der Waals surface area contributed by atoms with Gasteiger partial charge in [-0.1, -0.05) is 30.3 Å². The third kappa shape index (κ3) is 6.41. The van der Waals surface area contributed by atoms with Crippen LogP contribution < -0.4 is 10.5 Å². The topological polar surface area (TPSA) is 112 Å². The molecular formula is C21H26FN5O3S. The van der Waals surface area contributed by atoms with Crippen LogP contribution in [0.5, 0.6) is 0 Å². The molecule has 10 heteroatoms. The van der Waals surface area contributed by atoms with Gasteiger partial charge in [-0.15, -0.1) is 5.10 Å². The van der Waals surface area contributed by atoms with Crippen LogP contribution in [0.3, 0.4) is 0 Å². The number of benzene rings is 2. The zero-order valence-corrected chi connectivity index (χ0v) is 18.3. The summed E-state index contributed by atoms with van der Waals surface area (Å²) < 4.78 is 44.7. The van der Waals surface area contributed by atoms with Gasteiger partial charge in [-0.25, -0.2) is 27.6 Å². The first-order chi connectivity index (χ1) is 14.7. The second-order valence-corrected chi connectivity index (χ2v) is 8.83. The summed E-state index contributed by atoms with van der Waals surface area (Å²) >= 11 is 0. The molecule has 166 valence electrons. The second-order valence-electron chi connectivity index (χ2n) is 7.27. The maximum Gasteiger partial charge on any atom is 0.238 e. The number of halogens is 1. The van der Waals surface area contributed by atoms with Crippen molar-refractivity contribution in [2.75, 3.05) is 13.2 Å². The van der Waals surface area contributed by atoms with E-state index in [2.05, 4.69) is 15.4 Å². The van der Waals surface area contributed by atoms with E-state index in [-0.39, 0.29) is 16.7 Å². The highest BCUT2D eigenvalue weighted by Crippen LogP contribution is 2.20. The molecule has 3 aromatic rings. The molecule has 3 N–H and O–H groups in total. The molecular weight excluding hydrogens is 421 g/mol. The van der Waals surface area contributed by atoms with Crippen LogP contribution in [0.4, 0.5) is 4.39 Å². The van der Waals surface area contributed by atoms with E-state index in [1.165, 1.54) is 16.8 Å². The maximum absolute atomic E-state index is 14.8. The zero-order valence-electron chi connectivity index (χ0n) is 17.5. The van der Waals surface area contributed by atoms with E-state index in [1.54, 1.807) is 0 Å². The quantitative estimate of drug-likeness (QED) is 0.461. The van der Waals surface area contributed by atoms with Crippen LogP contribution >= 0.6 is 0 Å². The van der Waals surface area contributed by atoms with Crippen molar-refractivity contribution < 1.29 is 17.5 Å². The van der Waals surface area contributed by atoms with Crippen LogP contribution in [0.1, 0.15) is 31.1 Å². The van der Waals surface area contributed by atoms with Gasteiger partial charge in [-0.05, 0) is 37.6 Å². The van der Waals surface area contributed by atoms with Crippen LogP contribution in [0.25, 0.3) is 5.69 Å². The maximum atomic E-state index is 14.8. The Balaban J connectivity index is 1.87. The van der Waals surface area contributed by atoms with E-state index < -0.39 is 15.8 Å². The minimum atomic E-state index is -4.01. The standard InChI is InChI=1S/C21H26FN5O3S/c1-15(2)30-11-10-24-14-20-25-21(12-16-6-4-3-5-7-16)27(26-20)19-9-8-17(13-18(19)22)31(23,28)29/h3-9,13,15,24H,10-12,14H2,1-2H3,(H2,23,28,29). The summed E-state index contributed by atoms with van der Waals surface area (Å²) in [6.45, 7) is 5.49.